The second-order valence-corrected chi connectivity index (χ2v) is 3.90. The van der Waals surface area contributed by atoms with Crippen LogP contribution in [0.1, 0.15) is 30.9 Å². The van der Waals surface area contributed by atoms with E-state index in [1.807, 2.05) is 12.3 Å². The number of likely N-dealkylation sites (tertiary alicyclic amines) is 1. The van der Waals surface area contributed by atoms with Gasteiger partial charge in [0.05, 0.1) is 18.6 Å². The molecular weight excluding hydrogens is 176 g/mol. The molecule has 1 unspecified atom stereocenters. The van der Waals surface area contributed by atoms with Crippen molar-refractivity contribution in [3.63, 3.8) is 0 Å². The van der Waals surface area contributed by atoms with E-state index in [1.165, 1.54) is 37.9 Å². The zero-order valence-corrected chi connectivity index (χ0v) is 8.48. The van der Waals surface area contributed by atoms with E-state index >= 15 is 0 Å². The molecule has 1 fully saturated rings. The van der Waals surface area contributed by atoms with Gasteiger partial charge in [0.15, 0.2) is 0 Å². The first-order valence-corrected chi connectivity index (χ1v) is 5.38. The molecule has 1 aliphatic rings. The second kappa shape index (κ2) is 4.62. The van der Waals surface area contributed by atoms with E-state index in [1.54, 1.807) is 6.26 Å². The summed E-state index contributed by atoms with van der Waals surface area (Å²) in [5, 5.41) is 0. The number of nitrogens with two attached hydrogens (primary N) is 1. The summed E-state index contributed by atoms with van der Waals surface area (Å²) in [5.74, 6) is 0. The van der Waals surface area contributed by atoms with Crippen LogP contribution < -0.4 is 5.73 Å². The molecule has 0 saturated carbocycles. The largest absolute Gasteiger partial charge is 0.472 e. The maximum Gasteiger partial charge on any atom is 0.0950 e. The Morgan fingerprint density at radius 2 is 2.14 bits per heavy atom. The van der Waals surface area contributed by atoms with Crippen LogP contribution in [0.5, 0.6) is 0 Å². The van der Waals surface area contributed by atoms with E-state index < -0.39 is 0 Å². The number of furan rings is 1. The monoisotopic (exact) mass is 194 g/mol. The van der Waals surface area contributed by atoms with Crippen molar-refractivity contribution in [2.24, 2.45) is 5.73 Å². The summed E-state index contributed by atoms with van der Waals surface area (Å²) < 4.78 is 5.11. The molecular formula is C11H18N2O. The predicted octanol–water partition coefficient (Wildman–Crippen LogP) is 1.77. The molecule has 0 spiro atoms. The Hall–Kier alpha value is -0.800. The van der Waals surface area contributed by atoms with Crippen LogP contribution in [0.25, 0.3) is 0 Å². The van der Waals surface area contributed by atoms with Gasteiger partial charge in [-0.15, -0.1) is 0 Å². The topological polar surface area (TPSA) is 42.4 Å². The summed E-state index contributed by atoms with van der Waals surface area (Å²) in [7, 11) is 0. The van der Waals surface area contributed by atoms with Gasteiger partial charge in [-0.3, -0.25) is 4.90 Å². The Kier molecular flexibility index (Phi) is 3.22. The summed E-state index contributed by atoms with van der Waals surface area (Å²) in [6.07, 6.45) is 7.50. The van der Waals surface area contributed by atoms with Crippen LogP contribution in [0, 0.1) is 0 Å². The fourth-order valence-corrected chi connectivity index (χ4v) is 2.19. The van der Waals surface area contributed by atoms with E-state index in [0.29, 0.717) is 12.6 Å². The van der Waals surface area contributed by atoms with Gasteiger partial charge in [-0.05, 0) is 32.0 Å². The molecule has 1 aromatic rings. The number of piperidine rings is 1. The molecule has 2 rings (SSSR count). The molecule has 1 aliphatic heterocycles. The van der Waals surface area contributed by atoms with Crippen LogP contribution in [0.15, 0.2) is 23.0 Å². The zero-order valence-electron chi connectivity index (χ0n) is 8.48. The molecule has 0 aromatic carbocycles. The van der Waals surface area contributed by atoms with Crippen LogP contribution in [-0.4, -0.2) is 24.5 Å². The number of hydrogen-bond donors (Lipinski definition) is 1. The Bertz CT molecular complexity index is 252. The average molecular weight is 194 g/mol. The first-order chi connectivity index (χ1) is 6.92. The Morgan fingerprint density at radius 1 is 1.36 bits per heavy atom. The first-order valence-electron chi connectivity index (χ1n) is 5.38. The maximum absolute atomic E-state index is 5.81. The van der Waals surface area contributed by atoms with Crippen molar-refractivity contribution < 1.29 is 4.42 Å². The minimum atomic E-state index is 0.356. The fraction of sp³-hybridized carbons (Fsp3) is 0.636. The molecule has 1 atom stereocenters. The van der Waals surface area contributed by atoms with Gasteiger partial charge in [-0.1, -0.05) is 6.42 Å². The SMILES string of the molecule is NCC(c1ccoc1)N1CCCCC1. The lowest BCUT2D eigenvalue weighted by Crippen LogP contribution is -2.37. The van der Waals surface area contributed by atoms with Gasteiger partial charge in [0, 0.05) is 12.1 Å². The zero-order chi connectivity index (χ0) is 9.80. The summed E-state index contributed by atoms with van der Waals surface area (Å²) >= 11 is 0. The summed E-state index contributed by atoms with van der Waals surface area (Å²) in [6, 6.07) is 2.38. The minimum Gasteiger partial charge on any atom is -0.472 e. The van der Waals surface area contributed by atoms with Crippen molar-refractivity contribution in [2.75, 3.05) is 19.6 Å². The van der Waals surface area contributed by atoms with Crippen molar-refractivity contribution in [3.05, 3.63) is 24.2 Å². The molecule has 0 amide bonds. The van der Waals surface area contributed by atoms with Crippen LogP contribution >= 0.6 is 0 Å². The van der Waals surface area contributed by atoms with Gasteiger partial charge < -0.3 is 10.2 Å². The highest BCUT2D eigenvalue weighted by Crippen LogP contribution is 2.23. The molecule has 1 aromatic heterocycles. The Labute approximate surface area is 84.9 Å². The van der Waals surface area contributed by atoms with E-state index in [2.05, 4.69) is 4.90 Å². The maximum atomic E-state index is 5.81. The van der Waals surface area contributed by atoms with E-state index in [0.717, 1.165) is 0 Å². The van der Waals surface area contributed by atoms with Gasteiger partial charge in [0.25, 0.3) is 0 Å². The fourth-order valence-electron chi connectivity index (χ4n) is 2.19. The number of nitrogens with zero attached hydrogens (tertiary/aromatic N) is 1. The van der Waals surface area contributed by atoms with Crippen LogP contribution in [0.2, 0.25) is 0 Å². The summed E-state index contributed by atoms with van der Waals surface area (Å²) in [6.45, 7) is 3.03. The van der Waals surface area contributed by atoms with E-state index in [-0.39, 0.29) is 0 Å². The second-order valence-electron chi connectivity index (χ2n) is 3.90. The Balaban J connectivity index is 2.04. The van der Waals surface area contributed by atoms with Crippen molar-refractivity contribution in [3.8, 4) is 0 Å². The molecule has 2 heterocycles. The van der Waals surface area contributed by atoms with Crippen molar-refractivity contribution >= 4 is 0 Å². The lowest BCUT2D eigenvalue weighted by molar-refractivity contribution is 0.167. The lowest BCUT2D eigenvalue weighted by Gasteiger charge is -2.33. The molecule has 0 bridgehead atoms. The molecule has 0 aliphatic carbocycles. The molecule has 0 radical (unpaired) electrons. The summed E-state index contributed by atoms with van der Waals surface area (Å²) in [5.41, 5.74) is 7.03. The highest BCUT2D eigenvalue weighted by atomic mass is 16.3. The van der Waals surface area contributed by atoms with E-state index in [4.69, 9.17) is 10.2 Å². The predicted molar refractivity (Wildman–Crippen MR) is 55.9 cm³/mol. The van der Waals surface area contributed by atoms with Crippen LogP contribution in [0.3, 0.4) is 0 Å². The smallest absolute Gasteiger partial charge is 0.0950 e. The first kappa shape index (κ1) is 9.74. The van der Waals surface area contributed by atoms with Gasteiger partial charge in [-0.25, -0.2) is 0 Å². The third kappa shape index (κ3) is 1.99. The molecule has 2 N–H and O–H groups in total. The Morgan fingerprint density at radius 3 is 2.71 bits per heavy atom. The third-order valence-electron chi connectivity index (χ3n) is 2.98. The highest BCUT2D eigenvalue weighted by molar-refractivity contribution is 5.12. The van der Waals surface area contributed by atoms with Gasteiger partial charge >= 0.3 is 0 Å². The summed E-state index contributed by atoms with van der Waals surface area (Å²) in [4.78, 5) is 2.47. The van der Waals surface area contributed by atoms with Crippen molar-refractivity contribution in [1.29, 1.82) is 0 Å². The van der Waals surface area contributed by atoms with Crippen molar-refractivity contribution in [1.82, 2.24) is 4.90 Å². The van der Waals surface area contributed by atoms with Gasteiger partial charge in [-0.2, -0.15) is 0 Å². The third-order valence-corrected chi connectivity index (χ3v) is 2.98. The van der Waals surface area contributed by atoms with Crippen molar-refractivity contribution in [2.45, 2.75) is 25.3 Å². The number of rotatable bonds is 3. The normalized spacial score (nSPS) is 20.9. The quantitative estimate of drug-likeness (QED) is 0.797. The molecule has 1 saturated heterocycles. The van der Waals surface area contributed by atoms with Crippen LogP contribution in [-0.2, 0) is 0 Å². The molecule has 14 heavy (non-hydrogen) atoms. The average Bonchev–Trinajstić information content (AvgIpc) is 2.74. The van der Waals surface area contributed by atoms with Gasteiger partial charge in [0.2, 0.25) is 0 Å². The lowest BCUT2D eigenvalue weighted by atomic mass is 10.0. The molecule has 3 heteroatoms. The number of hydrogen-bond acceptors (Lipinski definition) is 3. The van der Waals surface area contributed by atoms with E-state index in [9.17, 15) is 0 Å². The highest BCUT2D eigenvalue weighted by Gasteiger charge is 2.21. The molecule has 3 nitrogen and oxygen atoms in total. The minimum absolute atomic E-state index is 0.356. The van der Waals surface area contributed by atoms with Gasteiger partial charge in [0.1, 0.15) is 0 Å². The van der Waals surface area contributed by atoms with Crippen LogP contribution in [0.4, 0.5) is 0 Å². The molecule has 78 valence electrons. The standard InChI is InChI=1S/C11H18N2O/c12-8-11(10-4-7-14-9-10)13-5-2-1-3-6-13/h4,7,9,11H,1-3,5-6,8,12H2.